The molecule has 1 amide bonds. The molecule has 1 aromatic carbocycles. The Balaban J connectivity index is 1.33. The van der Waals surface area contributed by atoms with E-state index < -0.39 is 11.9 Å². The monoisotopic (exact) mass is 487 g/mol. The summed E-state index contributed by atoms with van der Waals surface area (Å²) in [7, 11) is 1.96. The number of aromatic nitrogens is 3. The van der Waals surface area contributed by atoms with Crippen LogP contribution in [-0.4, -0.2) is 68.3 Å². The van der Waals surface area contributed by atoms with Crippen molar-refractivity contribution < 1.29 is 19.0 Å². The fourth-order valence-corrected chi connectivity index (χ4v) is 5.01. The number of ether oxygens (including phenoxy) is 1. The average Bonchev–Trinajstić information content (AvgIpc) is 3.45. The predicted octanol–water partition coefficient (Wildman–Crippen LogP) is 2.99. The van der Waals surface area contributed by atoms with E-state index in [1.165, 1.54) is 18.2 Å². The Labute approximate surface area is 201 Å². The van der Waals surface area contributed by atoms with Crippen molar-refractivity contribution in [2.24, 2.45) is 5.92 Å². The molecule has 2 aliphatic heterocycles. The van der Waals surface area contributed by atoms with Gasteiger partial charge in [-0.25, -0.2) is 13.9 Å². The Morgan fingerprint density at radius 3 is 2.82 bits per heavy atom. The van der Waals surface area contributed by atoms with Gasteiger partial charge in [0.15, 0.2) is 5.65 Å². The van der Waals surface area contributed by atoms with Crippen LogP contribution in [0.4, 0.5) is 4.39 Å². The lowest BCUT2D eigenvalue weighted by molar-refractivity contribution is 0.0743. The van der Waals surface area contributed by atoms with Crippen LogP contribution in [0.3, 0.4) is 0 Å². The van der Waals surface area contributed by atoms with E-state index in [4.69, 9.17) is 16.3 Å². The minimum atomic E-state index is -0.471. The molecular weight excluding hydrogens is 461 g/mol. The van der Waals surface area contributed by atoms with E-state index in [2.05, 4.69) is 15.0 Å². The lowest BCUT2D eigenvalue weighted by atomic mass is 10.0. The molecular formula is C24H27ClFN5O3. The van der Waals surface area contributed by atoms with Crippen LogP contribution in [0.15, 0.2) is 18.2 Å². The third-order valence-electron chi connectivity index (χ3n) is 6.75. The highest BCUT2D eigenvalue weighted by molar-refractivity contribution is 6.31. The third kappa shape index (κ3) is 4.01. The molecule has 8 nitrogen and oxygen atoms in total. The fourth-order valence-electron chi connectivity index (χ4n) is 4.89. The minimum Gasteiger partial charge on any atom is -0.493 e. The average molecular weight is 488 g/mol. The second-order valence-electron chi connectivity index (χ2n) is 9.24. The molecule has 0 aliphatic carbocycles. The van der Waals surface area contributed by atoms with Gasteiger partial charge in [0.25, 0.3) is 5.91 Å². The standard InChI is InChI=1S/C24H27ClFN5O3/c1-13-22(25)14(2)31-23(27-13)18-10-30(11-19(18)28-31)24(33)17-5-4-16(26)8-21(17)34-7-6-15-9-29(3)12-20(15)32/h4-5,8,15,20,32H,6-7,9-12H2,1-3H3/t15-,20-/m0/s1. The van der Waals surface area contributed by atoms with Crippen LogP contribution in [0.1, 0.15) is 39.4 Å². The van der Waals surface area contributed by atoms with Crippen molar-refractivity contribution >= 4 is 23.2 Å². The van der Waals surface area contributed by atoms with Crippen molar-refractivity contribution in [3.05, 3.63) is 57.2 Å². The number of carbonyl (C=O) groups excluding carboxylic acids is 1. The number of fused-ring (bicyclic) bond motifs is 3. The van der Waals surface area contributed by atoms with Crippen LogP contribution < -0.4 is 4.74 Å². The molecule has 34 heavy (non-hydrogen) atoms. The van der Waals surface area contributed by atoms with Crippen molar-refractivity contribution in [3.8, 4) is 5.75 Å². The molecule has 2 aromatic heterocycles. The highest BCUT2D eigenvalue weighted by atomic mass is 35.5. The Hall–Kier alpha value is -2.75. The molecule has 180 valence electrons. The molecule has 1 saturated heterocycles. The molecule has 1 fully saturated rings. The molecule has 0 unspecified atom stereocenters. The first-order chi connectivity index (χ1) is 16.2. The number of amides is 1. The van der Waals surface area contributed by atoms with Gasteiger partial charge < -0.3 is 19.6 Å². The van der Waals surface area contributed by atoms with Gasteiger partial charge in [0.2, 0.25) is 0 Å². The van der Waals surface area contributed by atoms with Gasteiger partial charge in [-0.3, -0.25) is 4.79 Å². The van der Waals surface area contributed by atoms with E-state index in [1.54, 1.807) is 9.42 Å². The van der Waals surface area contributed by atoms with Crippen molar-refractivity contribution in [3.63, 3.8) is 0 Å². The maximum absolute atomic E-state index is 14.0. The summed E-state index contributed by atoms with van der Waals surface area (Å²) in [5.74, 6) is -0.424. The highest BCUT2D eigenvalue weighted by Gasteiger charge is 2.32. The van der Waals surface area contributed by atoms with Gasteiger partial charge in [0.1, 0.15) is 11.6 Å². The number of nitrogens with zero attached hydrogens (tertiary/aromatic N) is 5. The van der Waals surface area contributed by atoms with Gasteiger partial charge in [0.05, 0.1) is 53.5 Å². The van der Waals surface area contributed by atoms with Gasteiger partial charge in [-0.2, -0.15) is 5.10 Å². The first-order valence-corrected chi connectivity index (χ1v) is 11.7. The molecule has 2 atom stereocenters. The molecule has 10 heteroatoms. The van der Waals surface area contributed by atoms with E-state index in [-0.39, 0.29) is 24.2 Å². The zero-order valence-electron chi connectivity index (χ0n) is 19.4. The lowest BCUT2D eigenvalue weighted by Crippen LogP contribution is -2.27. The number of β-amino-alcohol motifs (C(OH)–C–C–N with tert-alkyl or cyclic N) is 1. The summed E-state index contributed by atoms with van der Waals surface area (Å²) in [4.78, 5) is 21.7. The molecule has 0 bridgehead atoms. The summed E-state index contributed by atoms with van der Waals surface area (Å²) in [5.41, 5.74) is 4.18. The topological polar surface area (TPSA) is 83.2 Å². The van der Waals surface area contributed by atoms with Crippen LogP contribution in [0, 0.1) is 25.6 Å². The van der Waals surface area contributed by atoms with E-state index in [0.29, 0.717) is 48.0 Å². The Bertz CT molecular complexity index is 1280. The summed E-state index contributed by atoms with van der Waals surface area (Å²) in [5, 5.41) is 15.3. The summed E-state index contributed by atoms with van der Waals surface area (Å²) in [6.45, 7) is 6.11. The molecule has 3 aromatic rings. The Morgan fingerprint density at radius 1 is 1.29 bits per heavy atom. The van der Waals surface area contributed by atoms with Crippen molar-refractivity contribution in [1.82, 2.24) is 24.4 Å². The molecule has 0 spiro atoms. The number of likely N-dealkylation sites (tertiary alicyclic amines) is 1. The minimum absolute atomic E-state index is 0.0931. The van der Waals surface area contributed by atoms with Crippen molar-refractivity contribution in [2.45, 2.75) is 39.5 Å². The normalized spacial score (nSPS) is 20.4. The van der Waals surface area contributed by atoms with Gasteiger partial charge in [-0.15, -0.1) is 0 Å². The Morgan fingerprint density at radius 2 is 2.09 bits per heavy atom. The molecule has 1 N–H and O–H groups in total. The van der Waals surface area contributed by atoms with Gasteiger partial charge >= 0.3 is 0 Å². The molecule has 0 saturated carbocycles. The highest BCUT2D eigenvalue weighted by Crippen LogP contribution is 2.32. The number of likely N-dealkylation sites (N-methyl/N-ethyl adjacent to an activating group) is 1. The first kappa shape index (κ1) is 23.0. The zero-order valence-corrected chi connectivity index (χ0v) is 20.1. The van der Waals surface area contributed by atoms with E-state index in [0.717, 1.165) is 23.5 Å². The smallest absolute Gasteiger partial charge is 0.258 e. The summed E-state index contributed by atoms with van der Waals surface area (Å²) < 4.78 is 21.6. The van der Waals surface area contributed by atoms with Crippen molar-refractivity contribution in [2.75, 3.05) is 26.7 Å². The first-order valence-electron chi connectivity index (χ1n) is 11.3. The second-order valence-corrected chi connectivity index (χ2v) is 9.62. The van der Waals surface area contributed by atoms with Gasteiger partial charge in [-0.1, -0.05) is 11.6 Å². The van der Waals surface area contributed by atoms with Gasteiger partial charge in [0, 0.05) is 30.6 Å². The van der Waals surface area contributed by atoms with E-state index in [1.807, 2.05) is 20.9 Å². The summed E-state index contributed by atoms with van der Waals surface area (Å²) >= 11 is 6.32. The molecule has 4 heterocycles. The van der Waals surface area contributed by atoms with E-state index >= 15 is 0 Å². The zero-order chi connectivity index (χ0) is 24.1. The number of aliphatic hydroxyl groups excluding tert-OH is 1. The van der Waals surface area contributed by atoms with Crippen LogP contribution in [-0.2, 0) is 13.1 Å². The van der Waals surface area contributed by atoms with Crippen LogP contribution in [0.25, 0.3) is 5.65 Å². The van der Waals surface area contributed by atoms with Crippen molar-refractivity contribution in [1.29, 1.82) is 0 Å². The number of hydrogen-bond acceptors (Lipinski definition) is 6. The second kappa shape index (κ2) is 8.79. The summed E-state index contributed by atoms with van der Waals surface area (Å²) in [6, 6.07) is 3.97. The number of benzene rings is 1. The Kier molecular flexibility index (Phi) is 5.95. The molecule has 2 aliphatic rings. The molecule has 0 radical (unpaired) electrons. The predicted molar refractivity (Wildman–Crippen MR) is 125 cm³/mol. The lowest BCUT2D eigenvalue weighted by Gasteiger charge is -2.19. The van der Waals surface area contributed by atoms with Gasteiger partial charge in [-0.05, 0) is 39.4 Å². The van der Waals surface area contributed by atoms with Crippen LogP contribution >= 0.6 is 11.6 Å². The van der Waals surface area contributed by atoms with Crippen LogP contribution in [0.5, 0.6) is 5.75 Å². The third-order valence-corrected chi connectivity index (χ3v) is 7.30. The number of aryl methyl sites for hydroxylation is 2. The summed E-state index contributed by atoms with van der Waals surface area (Å²) in [6.07, 6.45) is 0.218. The fraction of sp³-hybridized carbons (Fsp3) is 0.458. The SMILES string of the molecule is Cc1nc2c3c(nn2c(C)c1Cl)CN(C(=O)c1ccc(F)cc1OCC[C@H]1CN(C)C[C@@H]1O)C3. The molecule has 5 rings (SSSR count). The number of hydrogen-bond donors (Lipinski definition) is 1. The van der Waals surface area contributed by atoms with Crippen LogP contribution in [0.2, 0.25) is 5.02 Å². The number of halogens is 2. The van der Waals surface area contributed by atoms with E-state index in [9.17, 15) is 14.3 Å². The maximum Gasteiger partial charge on any atom is 0.258 e. The largest absolute Gasteiger partial charge is 0.493 e. The number of rotatable bonds is 5. The maximum atomic E-state index is 14.0. The number of carbonyl (C=O) groups is 1. The number of aliphatic hydroxyl groups is 1. The quantitative estimate of drug-likeness (QED) is 0.595.